The normalized spacial score (nSPS) is 14.9. The van der Waals surface area contributed by atoms with Crippen molar-refractivity contribution in [2.75, 3.05) is 0 Å². The second-order valence-corrected chi connectivity index (χ2v) is 12.2. The Morgan fingerprint density at radius 2 is 1.25 bits per heavy atom. The molecule has 0 radical (unpaired) electrons. The van der Waals surface area contributed by atoms with Gasteiger partial charge in [-0.1, -0.05) is 121 Å². The molecule has 1 unspecified atom stereocenters. The van der Waals surface area contributed by atoms with Crippen molar-refractivity contribution in [3.8, 4) is 11.1 Å². The van der Waals surface area contributed by atoms with Gasteiger partial charge in [0.1, 0.15) is 34.3 Å². The summed E-state index contributed by atoms with van der Waals surface area (Å²) in [6.45, 7) is 0. The van der Waals surface area contributed by atoms with Gasteiger partial charge in [0.05, 0.1) is 0 Å². The molecule has 0 saturated heterocycles. The number of para-hydroxylation sites is 3. The van der Waals surface area contributed by atoms with Crippen LogP contribution in [0.5, 0.6) is 0 Å². The lowest BCUT2D eigenvalue weighted by molar-refractivity contribution is 0.667. The fourth-order valence-electron chi connectivity index (χ4n) is 7.08. The van der Waals surface area contributed by atoms with Crippen LogP contribution < -0.4 is 5.32 Å². The van der Waals surface area contributed by atoms with Crippen LogP contribution >= 0.6 is 0 Å². The third-order valence-corrected chi connectivity index (χ3v) is 9.34. The number of fused-ring (bicyclic) bond motifs is 7. The minimum absolute atomic E-state index is 0.358. The van der Waals surface area contributed by atoms with Crippen LogP contribution in [0.4, 0.5) is 0 Å². The molecular formula is C43H27N3O2. The highest BCUT2D eigenvalue weighted by Gasteiger charge is 2.27. The maximum Gasteiger partial charge on any atom is 0.160 e. The third-order valence-electron chi connectivity index (χ3n) is 9.34. The molecule has 0 aliphatic carbocycles. The summed E-state index contributed by atoms with van der Waals surface area (Å²) < 4.78 is 13.0. The van der Waals surface area contributed by atoms with E-state index in [4.69, 9.17) is 18.8 Å². The monoisotopic (exact) mass is 617 g/mol. The standard InChI is InChI=1S/C43H27N3O2/c1-2-12-27(13-3-1)41-44-42(29-22-21-26-11-4-5-14-28(26)25-29)46-43(45-41)39-31(23-24-37-38(39)34-16-7-9-20-36(34)47-37)33-18-10-17-32-30-15-6-8-19-35(30)48-40(32)33/h1-25,41H,(H,44,45,46). The lowest BCUT2D eigenvalue weighted by Gasteiger charge is -2.25. The SMILES string of the molecule is c1ccc(C2N=C(c3c(-c4cccc5c4oc4ccccc45)ccc4oc5ccccc5c34)N=C(c3ccc4ccccc4c3)N2)cc1. The Labute approximate surface area is 275 Å². The van der Waals surface area contributed by atoms with E-state index < -0.39 is 0 Å². The number of benzene rings is 7. The van der Waals surface area contributed by atoms with Crippen LogP contribution in [-0.4, -0.2) is 11.7 Å². The Kier molecular flexibility index (Phi) is 5.87. The Morgan fingerprint density at radius 1 is 0.521 bits per heavy atom. The van der Waals surface area contributed by atoms with Crippen molar-refractivity contribution < 1.29 is 8.83 Å². The summed E-state index contributed by atoms with van der Waals surface area (Å²) in [7, 11) is 0. The molecule has 0 spiro atoms. The van der Waals surface area contributed by atoms with E-state index in [1.807, 2.05) is 42.5 Å². The number of nitrogens with zero attached hydrogens (tertiary/aromatic N) is 2. The van der Waals surface area contributed by atoms with Gasteiger partial charge >= 0.3 is 0 Å². The van der Waals surface area contributed by atoms with E-state index in [1.54, 1.807) is 0 Å². The largest absolute Gasteiger partial charge is 0.456 e. The zero-order chi connectivity index (χ0) is 31.6. The minimum atomic E-state index is -0.358. The summed E-state index contributed by atoms with van der Waals surface area (Å²) in [5, 5.41) is 10.1. The molecule has 5 heteroatoms. The minimum Gasteiger partial charge on any atom is -0.456 e. The zero-order valence-corrected chi connectivity index (χ0v) is 25.7. The Balaban J connectivity index is 1.29. The molecule has 9 aromatic rings. The van der Waals surface area contributed by atoms with Gasteiger partial charge in [0.25, 0.3) is 0 Å². The molecule has 5 nitrogen and oxygen atoms in total. The second kappa shape index (κ2) is 10.5. The molecule has 0 saturated carbocycles. The molecule has 2 aromatic heterocycles. The van der Waals surface area contributed by atoms with Gasteiger partial charge in [-0.3, -0.25) is 0 Å². The van der Waals surface area contributed by atoms with Gasteiger partial charge in [-0.15, -0.1) is 0 Å². The molecule has 1 atom stereocenters. The van der Waals surface area contributed by atoms with Crippen LogP contribution in [0.3, 0.4) is 0 Å². The highest BCUT2D eigenvalue weighted by molar-refractivity contribution is 6.26. The number of nitrogens with one attached hydrogen (secondary N) is 1. The van der Waals surface area contributed by atoms with E-state index in [-0.39, 0.29) is 6.17 Å². The average molecular weight is 618 g/mol. The van der Waals surface area contributed by atoms with Gasteiger partial charge < -0.3 is 14.2 Å². The van der Waals surface area contributed by atoms with E-state index in [0.29, 0.717) is 5.84 Å². The van der Waals surface area contributed by atoms with Gasteiger partial charge in [-0.25, -0.2) is 9.98 Å². The predicted octanol–water partition coefficient (Wildman–Crippen LogP) is 10.8. The van der Waals surface area contributed by atoms with Gasteiger partial charge in [-0.2, -0.15) is 0 Å². The van der Waals surface area contributed by atoms with Crippen molar-refractivity contribution in [2.45, 2.75) is 6.17 Å². The molecule has 3 heterocycles. The highest BCUT2D eigenvalue weighted by Crippen LogP contribution is 2.42. The number of furan rings is 2. The topological polar surface area (TPSA) is 63.0 Å². The Hall–Kier alpha value is -6.46. The van der Waals surface area contributed by atoms with Gasteiger partial charge in [0.15, 0.2) is 5.84 Å². The van der Waals surface area contributed by atoms with Crippen LogP contribution in [0.15, 0.2) is 170 Å². The molecule has 0 amide bonds. The third kappa shape index (κ3) is 4.18. The lowest BCUT2D eigenvalue weighted by atomic mass is 9.93. The van der Waals surface area contributed by atoms with Crippen LogP contribution in [0.25, 0.3) is 65.8 Å². The summed E-state index contributed by atoms with van der Waals surface area (Å²) in [6.07, 6.45) is -0.358. The van der Waals surface area contributed by atoms with E-state index in [1.165, 1.54) is 5.39 Å². The van der Waals surface area contributed by atoms with Crippen molar-refractivity contribution in [3.63, 3.8) is 0 Å². The molecule has 0 bridgehead atoms. The van der Waals surface area contributed by atoms with Gasteiger partial charge in [0.2, 0.25) is 0 Å². The van der Waals surface area contributed by atoms with E-state index >= 15 is 0 Å². The quantitative estimate of drug-likeness (QED) is 0.214. The fourth-order valence-corrected chi connectivity index (χ4v) is 7.08. The number of hydrogen-bond donors (Lipinski definition) is 1. The van der Waals surface area contributed by atoms with Crippen LogP contribution in [-0.2, 0) is 0 Å². The summed E-state index contributed by atoms with van der Waals surface area (Å²) in [4.78, 5) is 10.7. The first-order valence-electron chi connectivity index (χ1n) is 16.1. The van der Waals surface area contributed by atoms with Crippen molar-refractivity contribution in [3.05, 3.63) is 168 Å². The summed E-state index contributed by atoms with van der Waals surface area (Å²) in [6, 6.07) is 52.1. The fraction of sp³-hybridized carbons (Fsp3) is 0.0233. The van der Waals surface area contributed by atoms with Crippen molar-refractivity contribution in [1.29, 1.82) is 0 Å². The first kappa shape index (κ1) is 26.7. The molecule has 0 fully saturated rings. The molecule has 1 aliphatic heterocycles. The van der Waals surface area contributed by atoms with E-state index in [9.17, 15) is 0 Å². The van der Waals surface area contributed by atoms with E-state index in [0.717, 1.165) is 82.9 Å². The number of amidine groups is 2. The number of hydrogen-bond acceptors (Lipinski definition) is 5. The number of aliphatic imine (C=N–C) groups is 2. The van der Waals surface area contributed by atoms with Gasteiger partial charge in [-0.05, 0) is 52.2 Å². The molecule has 10 rings (SSSR count). The zero-order valence-electron chi connectivity index (χ0n) is 25.7. The molecule has 7 aromatic carbocycles. The van der Waals surface area contributed by atoms with Crippen molar-refractivity contribution >= 4 is 66.3 Å². The average Bonchev–Trinajstić information content (AvgIpc) is 3.73. The predicted molar refractivity (Wildman–Crippen MR) is 196 cm³/mol. The van der Waals surface area contributed by atoms with Crippen LogP contribution in [0.2, 0.25) is 0 Å². The van der Waals surface area contributed by atoms with Gasteiger partial charge in [0, 0.05) is 38.2 Å². The van der Waals surface area contributed by atoms with Crippen LogP contribution in [0, 0.1) is 0 Å². The maximum atomic E-state index is 6.57. The summed E-state index contributed by atoms with van der Waals surface area (Å²) >= 11 is 0. The summed E-state index contributed by atoms with van der Waals surface area (Å²) in [5.41, 5.74) is 8.20. The smallest absolute Gasteiger partial charge is 0.160 e. The maximum absolute atomic E-state index is 6.57. The van der Waals surface area contributed by atoms with E-state index in [2.05, 4.69) is 115 Å². The lowest BCUT2D eigenvalue weighted by Crippen LogP contribution is -2.33. The highest BCUT2D eigenvalue weighted by atomic mass is 16.3. The van der Waals surface area contributed by atoms with Crippen molar-refractivity contribution in [2.24, 2.45) is 9.98 Å². The number of rotatable bonds is 4. The molecular weight excluding hydrogens is 590 g/mol. The Morgan fingerprint density at radius 3 is 2.12 bits per heavy atom. The molecule has 226 valence electrons. The van der Waals surface area contributed by atoms with Crippen LogP contribution in [0.1, 0.15) is 22.9 Å². The second-order valence-electron chi connectivity index (χ2n) is 12.2. The molecule has 1 aliphatic rings. The first-order chi connectivity index (χ1) is 23.8. The summed E-state index contributed by atoms with van der Waals surface area (Å²) in [5.74, 6) is 1.39. The molecule has 48 heavy (non-hydrogen) atoms. The first-order valence-corrected chi connectivity index (χ1v) is 16.1. The Bertz CT molecular complexity index is 2770. The van der Waals surface area contributed by atoms with Crippen molar-refractivity contribution in [1.82, 2.24) is 5.32 Å². The molecule has 1 N–H and O–H groups in total.